The van der Waals surface area contributed by atoms with Gasteiger partial charge in [0, 0.05) is 23.9 Å². The number of nitro groups is 1. The van der Waals surface area contributed by atoms with Gasteiger partial charge in [0.25, 0.3) is 5.69 Å². The maximum absolute atomic E-state index is 12.0. The van der Waals surface area contributed by atoms with E-state index in [4.69, 9.17) is 17.0 Å². The lowest BCUT2D eigenvalue weighted by Gasteiger charge is -2.09. The zero-order valence-corrected chi connectivity index (χ0v) is 16.2. The number of carbonyl (C=O) groups excluding carboxylic acids is 1. The van der Waals surface area contributed by atoms with Crippen molar-refractivity contribution in [3.05, 3.63) is 70.3 Å². The molecule has 0 aliphatic carbocycles. The van der Waals surface area contributed by atoms with Crippen LogP contribution in [0.3, 0.4) is 0 Å². The Hall–Kier alpha value is -3.26. The molecule has 0 unspecified atom stereocenters. The molecule has 0 saturated carbocycles. The number of amides is 1. The molecule has 0 fully saturated rings. The van der Waals surface area contributed by atoms with E-state index in [1.165, 1.54) is 24.3 Å². The van der Waals surface area contributed by atoms with E-state index < -0.39 is 10.8 Å². The summed E-state index contributed by atoms with van der Waals surface area (Å²) in [5, 5.41) is 16.3. The second kappa shape index (κ2) is 10.8. The van der Waals surface area contributed by atoms with Gasteiger partial charge in [0.15, 0.2) is 5.11 Å². The lowest BCUT2D eigenvalue weighted by Crippen LogP contribution is -2.32. The lowest BCUT2D eigenvalue weighted by atomic mass is 10.2. The van der Waals surface area contributed by atoms with Crippen molar-refractivity contribution in [2.45, 2.75) is 19.8 Å². The highest BCUT2D eigenvalue weighted by Gasteiger charge is 2.05. The summed E-state index contributed by atoms with van der Waals surface area (Å²) >= 11 is 5.12. The monoisotopic (exact) mass is 399 g/mol. The van der Waals surface area contributed by atoms with Crippen molar-refractivity contribution < 1.29 is 14.5 Å². The van der Waals surface area contributed by atoms with Crippen LogP contribution >= 0.6 is 12.2 Å². The molecule has 0 aromatic heterocycles. The third-order valence-electron chi connectivity index (χ3n) is 3.62. The van der Waals surface area contributed by atoms with E-state index in [9.17, 15) is 14.9 Å². The number of hydrogen-bond donors (Lipinski definition) is 2. The highest BCUT2D eigenvalue weighted by atomic mass is 32.1. The normalized spacial score (nSPS) is 10.5. The van der Waals surface area contributed by atoms with Crippen LogP contribution in [0.2, 0.25) is 0 Å². The molecule has 146 valence electrons. The Morgan fingerprint density at radius 1 is 1.25 bits per heavy atom. The summed E-state index contributed by atoms with van der Waals surface area (Å²) in [4.78, 5) is 22.2. The average molecular weight is 399 g/mol. The van der Waals surface area contributed by atoms with Crippen LogP contribution in [0.15, 0.2) is 54.6 Å². The molecule has 0 bridgehead atoms. The molecule has 0 aliphatic rings. The van der Waals surface area contributed by atoms with E-state index in [0.717, 1.165) is 24.3 Å². The van der Waals surface area contributed by atoms with Gasteiger partial charge in [-0.15, -0.1) is 0 Å². The predicted octanol–water partition coefficient (Wildman–Crippen LogP) is 4.30. The van der Waals surface area contributed by atoms with Gasteiger partial charge in [-0.2, -0.15) is 0 Å². The second-order valence-corrected chi connectivity index (χ2v) is 6.26. The van der Waals surface area contributed by atoms with E-state index >= 15 is 0 Å². The first-order valence-corrected chi connectivity index (χ1v) is 9.16. The highest BCUT2D eigenvalue weighted by molar-refractivity contribution is 7.80. The summed E-state index contributed by atoms with van der Waals surface area (Å²) in [6, 6.07) is 13.2. The fourth-order valence-electron chi connectivity index (χ4n) is 2.20. The molecular formula is C20H21N3O4S. The molecule has 8 heteroatoms. The number of rotatable bonds is 8. The molecule has 0 atom stereocenters. The van der Waals surface area contributed by atoms with Gasteiger partial charge >= 0.3 is 0 Å². The van der Waals surface area contributed by atoms with Gasteiger partial charge in [0.2, 0.25) is 5.91 Å². The minimum atomic E-state index is -0.490. The van der Waals surface area contributed by atoms with E-state index in [1.807, 2.05) is 12.1 Å². The van der Waals surface area contributed by atoms with Crippen LogP contribution in [0.25, 0.3) is 6.08 Å². The van der Waals surface area contributed by atoms with Crippen molar-refractivity contribution >= 4 is 40.7 Å². The number of benzene rings is 2. The molecule has 28 heavy (non-hydrogen) atoms. The molecule has 2 aromatic carbocycles. The number of thiocarbonyl (C=S) groups is 1. The van der Waals surface area contributed by atoms with E-state index in [1.54, 1.807) is 24.3 Å². The zero-order chi connectivity index (χ0) is 20.4. The van der Waals surface area contributed by atoms with Crippen molar-refractivity contribution in [2.24, 2.45) is 0 Å². The van der Waals surface area contributed by atoms with Crippen LogP contribution < -0.4 is 15.4 Å². The molecule has 2 N–H and O–H groups in total. The van der Waals surface area contributed by atoms with Gasteiger partial charge in [0.05, 0.1) is 11.5 Å². The molecule has 7 nitrogen and oxygen atoms in total. The summed E-state index contributed by atoms with van der Waals surface area (Å²) in [6.07, 6.45) is 4.81. The van der Waals surface area contributed by atoms with Crippen molar-refractivity contribution in [3.63, 3.8) is 0 Å². The molecule has 0 aliphatic heterocycles. The average Bonchev–Trinajstić information content (AvgIpc) is 2.68. The Labute approximate surface area is 168 Å². The number of carbonyl (C=O) groups is 1. The number of hydrogen-bond acceptors (Lipinski definition) is 5. The smallest absolute Gasteiger partial charge is 0.270 e. The molecule has 0 saturated heterocycles. The number of non-ortho nitro benzene ring substituents is 1. The fraction of sp³-hybridized carbons (Fsp3) is 0.200. The predicted molar refractivity (Wildman–Crippen MR) is 113 cm³/mol. The van der Waals surface area contributed by atoms with Crippen LogP contribution in [-0.4, -0.2) is 22.5 Å². The number of nitro benzene ring substituents is 1. The van der Waals surface area contributed by atoms with Crippen molar-refractivity contribution in [3.8, 4) is 5.75 Å². The summed E-state index contributed by atoms with van der Waals surface area (Å²) < 4.78 is 5.59. The molecule has 0 radical (unpaired) electrons. The second-order valence-electron chi connectivity index (χ2n) is 5.86. The fourth-order valence-corrected chi connectivity index (χ4v) is 2.42. The topological polar surface area (TPSA) is 93.5 Å². The number of ether oxygens (including phenoxy) is 1. The SMILES string of the molecule is CCCCOc1ccc(NC(=S)NC(=O)/C=C/c2cccc([N+](=O)[O-])c2)cc1. The van der Waals surface area contributed by atoms with Crippen LogP contribution in [0.4, 0.5) is 11.4 Å². The Bertz CT molecular complexity index is 866. The largest absolute Gasteiger partial charge is 0.494 e. The third kappa shape index (κ3) is 7.16. The lowest BCUT2D eigenvalue weighted by molar-refractivity contribution is -0.384. The number of nitrogens with zero attached hydrogens (tertiary/aromatic N) is 1. The Morgan fingerprint density at radius 3 is 2.68 bits per heavy atom. The minimum absolute atomic E-state index is 0.0399. The quantitative estimate of drug-likeness (QED) is 0.226. The van der Waals surface area contributed by atoms with Crippen LogP contribution in [0.1, 0.15) is 25.3 Å². The molecule has 2 aromatic rings. The van der Waals surface area contributed by atoms with E-state index in [0.29, 0.717) is 12.2 Å². The Kier molecular flexibility index (Phi) is 8.11. The van der Waals surface area contributed by atoms with E-state index in [2.05, 4.69) is 17.6 Å². The standard InChI is InChI=1S/C20H21N3O4S/c1-2-3-13-27-18-10-8-16(9-11-18)21-20(28)22-19(24)12-7-15-5-4-6-17(14-15)23(25)26/h4-12,14H,2-3,13H2,1H3,(H2,21,22,24,28)/b12-7+. The van der Waals surface area contributed by atoms with Crippen molar-refractivity contribution in [1.82, 2.24) is 5.32 Å². The first-order valence-electron chi connectivity index (χ1n) is 8.75. The molecule has 0 heterocycles. The van der Waals surface area contributed by atoms with Gasteiger partial charge < -0.3 is 10.1 Å². The van der Waals surface area contributed by atoms with Crippen LogP contribution in [-0.2, 0) is 4.79 Å². The van der Waals surface area contributed by atoms with Crippen molar-refractivity contribution in [2.75, 3.05) is 11.9 Å². The molecule has 2 rings (SSSR count). The summed E-state index contributed by atoms with van der Waals surface area (Å²) in [5.74, 6) is 0.331. The highest BCUT2D eigenvalue weighted by Crippen LogP contribution is 2.16. The Morgan fingerprint density at radius 2 is 2.00 bits per heavy atom. The van der Waals surface area contributed by atoms with Gasteiger partial charge in [-0.1, -0.05) is 25.5 Å². The molecule has 1 amide bonds. The first-order chi connectivity index (χ1) is 13.5. The maximum atomic E-state index is 12.0. The molecule has 0 spiro atoms. The van der Waals surface area contributed by atoms with Crippen LogP contribution in [0, 0.1) is 10.1 Å². The Balaban J connectivity index is 1.84. The zero-order valence-electron chi connectivity index (χ0n) is 15.4. The number of anilines is 1. The van der Waals surface area contributed by atoms with Gasteiger partial charge in [-0.05, 0) is 54.5 Å². The molecular weight excluding hydrogens is 378 g/mol. The van der Waals surface area contributed by atoms with E-state index in [-0.39, 0.29) is 10.8 Å². The summed E-state index contributed by atoms with van der Waals surface area (Å²) in [5.41, 5.74) is 1.22. The third-order valence-corrected chi connectivity index (χ3v) is 3.83. The summed E-state index contributed by atoms with van der Waals surface area (Å²) in [6.45, 7) is 2.78. The maximum Gasteiger partial charge on any atom is 0.270 e. The number of nitrogens with one attached hydrogen (secondary N) is 2. The number of unbranched alkanes of at least 4 members (excludes halogenated alkanes) is 1. The first kappa shape index (κ1) is 21.0. The van der Waals surface area contributed by atoms with Crippen molar-refractivity contribution in [1.29, 1.82) is 0 Å². The van der Waals surface area contributed by atoms with Crippen LogP contribution in [0.5, 0.6) is 5.75 Å². The summed E-state index contributed by atoms with van der Waals surface area (Å²) in [7, 11) is 0. The minimum Gasteiger partial charge on any atom is -0.494 e. The van der Waals surface area contributed by atoms with Gasteiger partial charge in [0.1, 0.15) is 5.75 Å². The van der Waals surface area contributed by atoms with Gasteiger partial charge in [-0.3, -0.25) is 20.2 Å². The van der Waals surface area contributed by atoms with Gasteiger partial charge in [-0.25, -0.2) is 0 Å².